The summed E-state index contributed by atoms with van der Waals surface area (Å²) in [5.74, 6) is -1.48. The summed E-state index contributed by atoms with van der Waals surface area (Å²) < 4.78 is 45.3. The van der Waals surface area contributed by atoms with Crippen molar-refractivity contribution < 1.29 is 32.6 Å². The minimum Gasteiger partial charge on any atom is -0.478 e. The molecule has 7 nitrogen and oxygen atoms in total. The fraction of sp³-hybridized carbons (Fsp3) is 0.421. The van der Waals surface area contributed by atoms with E-state index in [1.807, 2.05) is 0 Å². The van der Waals surface area contributed by atoms with Gasteiger partial charge in [-0.25, -0.2) is 4.79 Å². The minimum atomic E-state index is -4.52. The summed E-state index contributed by atoms with van der Waals surface area (Å²) in [6.07, 6.45) is -2.08. The first-order valence-electron chi connectivity index (χ1n) is 9.15. The number of amides is 1. The van der Waals surface area contributed by atoms with Crippen LogP contribution in [0.3, 0.4) is 0 Å². The Morgan fingerprint density at radius 3 is 2.69 bits per heavy atom. The van der Waals surface area contributed by atoms with Crippen LogP contribution in [0.15, 0.2) is 24.4 Å². The molecule has 2 aliphatic rings. The molecule has 0 bridgehead atoms. The number of carboxylic acid groups (broad SMARTS) is 1. The van der Waals surface area contributed by atoms with Crippen LogP contribution in [0.4, 0.5) is 13.2 Å². The standard InChI is InChI=1S/C19H18F3N3O4/c20-19(21,22)16-4-3-11(9-23-16)13-2-1-5-25(13)17(26)14-8-12(18(27)28)15-10-29-7-6-24(14)15/h3-4,8-9,13H,1-2,5-7,10H2,(H,27,28)/t13-/m1/s1. The predicted octanol–water partition coefficient (Wildman–Crippen LogP) is 3.11. The molecular weight excluding hydrogens is 391 g/mol. The van der Waals surface area contributed by atoms with Crippen LogP contribution in [0.5, 0.6) is 0 Å². The molecule has 2 aliphatic heterocycles. The number of carboxylic acids is 1. The van der Waals surface area contributed by atoms with Crippen molar-refractivity contribution in [2.24, 2.45) is 0 Å². The third-order valence-electron chi connectivity index (χ3n) is 5.33. The first kappa shape index (κ1) is 19.4. The number of aromatic carboxylic acids is 1. The number of fused-ring (bicyclic) bond motifs is 1. The molecule has 0 spiro atoms. The molecule has 29 heavy (non-hydrogen) atoms. The molecule has 1 atom stereocenters. The normalized spacial score (nSPS) is 19.3. The Morgan fingerprint density at radius 1 is 1.24 bits per heavy atom. The van der Waals surface area contributed by atoms with E-state index in [1.165, 1.54) is 12.1 Å². The highest BCUT2D eigenvalue weighted by molar-refractivity contribution is 5.98. The number of hydrogen-bond donors (Lipinski definition) is 1. The maximum Gasteiger partial charge on any atom is 0.433 e. The van der Waals surface area contributed by atoms with Crippen LogP contribution >= 0.6 is 0 Å². The van der Waals surface area contributed by atoms with Gasteiger partial charge in [-0.1, -0.05) is 6.07 Å². The van der Waals surface area contributed by atoms with Crippen molar-refractivity contribution in [1.29, 1.82) is 0 Å². The van der Waals surface area contributed by atoms with Gasteiger partial charge in [0, 0.05) is 19.3 Å². The molecule has 4 heterocycles. The van der Waals surface area contributed by atoms with Crippen molar-refractivity contribution in [2.75, 3.05) is 13.2 Å². The number of ether oxygens (including phenoxy) is 1. The van der Waals surface area contributed by atoms with Crippen LogP contribution in [-0.2, 0) is 24.1 Å². The average Bonchev–Trinajstić information content (AvgIpc) is 3.32. The fourth-order valence-corrected chi connectivity index (χ4v) is 3.96. The van der Waals surface area contributed by atoms with Crippen LogP contribution in [0.2, 0.25) is 0 Å². The second-order valence-electron chi connectivity index (χ2n) is 7.03. The smallest absolute Gasteiger partial charge is 0.433 e. The summed E-state index contributed by atoms with van der Waals surface area (Å²) in [5, 5.41) is 9.43. The Morgan fingerprint density at radius 2 is 2.03 bits per heavy atom. The number of carbonyl (C=O) groups excluding carboxylic acids is 1. The number of likely N-dealkylation sites (tertiary alicyclic amines) is 1. The van der Waals surface area contributed by atoms with Crippen LogP contribution in [0, 0.1) is 0 Å². The lowest BCUT2D eigenvalue weighted by Crippen LogP contribution is -2.33. The van der Waals surface area contributed by atoms with E-state index in [-0.39, 0.29) is 23.8 Å². The Kier molecular flexibility index (Phi) is 4.81. The molecule has 1 amide bonds. The van der Waals surface area contributed by atoms with Crippen molar-refractivity contribution in [3.63, 3.8) is 0 Å². The van der Waals surface area contributed by atoms with Gasteiger partial charge in [0.25, 0.3) is 5.91 Å². The van der Waals surface area contributed by atoms with Crippen molar-refractivity contribution >= 4 is 11.9 Å². The van der Waals surface area contributed by atoms with E-state index in [9.17, 15) is 27.9 Å². The van der Waals surface area contributed by atoms with E-state index in [4.69, 9.17) is 4.74 Å². The van der Waals surface area contributed by atoms with E-state index >= 15 is 0 Å². The van der Waals surface area contributed by atoms with Crippen molar-refractivity contribution in [3.8, 4) is 0 Å². The monoisotopic (exact) mass is 409 g/mol. The van der Waals surface area contributed by atoms with Crippen molar-refractivity contribution in [3.05, 3.63) is 52.6 Å². The topological polar surface area (TPSA) is 84.7 Å². The molecule has 0 unspecified atom stereocenters. The number of pyridine rings is 1. The Labute approximate surface area is 163 Å². The average molecular weight is 409 g/mol. The summed E-state index contributed by atoms with van der Waals surface area (Å²) in [5.41, 5.74) is 0.270. The number of carbonyl (C=O) groups is 2. The minimum absolute atomic E-state index is 0.0278. The third kappa shape index (κ3) is 3.48. The van der Waals surface area contributed by atoms with Gasteiger partial charge >= 0.3 is 12.1 Å². The molecule has 0 saturated carbocycles. The number of aromatic nitrogens is 2. The van der Waals surface area contributed by atoms with Crippen LogP contribution in [-0.4, -0.2) is 44.6 Å². The molecular formula is C19H18F3N3O4. The summed E-state index contributed by atoms with van der Waals surface area (Å²) >= 11 is 0. The zero-order chi connectivity index (χ0) is 20.8. The zero-order valence-electron chi connectivity index (χ0n) is 15.3. The molecule has 0 aliphatic carbocycles. The van der Waals surface area contributed by atoms with Gasteiger partial charge in [0.2, 0.25) is 0 Å². The van der Waals surface area contributed by atoms with Gasteiger partial charge in [-0.15, -0.1) is 0 Å². The number of hydrogen-bond acceptors (Lipinski definition) is 4. The van der Waals surface area contributed by atoms with E-state index in [0.29, 0.717) is 43.8 Å². The van der Waals surface area contributed by atoms with Crippen LogP contribution in [0.25, 0.3) is 0 Å². The molecule has 2 aromatic rings. The SMILES string of the molecule is O=C(O)c1cc(C(=O)N2CCC[C@@H]2c2ccc(C(F)(F)F)nc2)n2c1COCC2. The van der Waals surface area contributed by atoms with Crippen LogP contribution < -0.4 is 0 Å². The summed E-state index contributed by atoms with van der Waals surface area (Å²) in [6.45, 7) is 1.28. The molecule has 0 radical (unpaired) electrons. The number of nitrogens with zero attached hydrogens (tertiary/aromatic N) is 3. The fourth-order valence-electron chi connectivity index (χ4n) is 3.96. The molecule has 1 fully saturated rings. The second-order valence-corrected chi connectivity index (χ2v) is 7.03. The highest BCUT2D eigenvalue weighted by Gasteiger charge is 2.36. The maximum absolute atomic E-state index is 13.2. The molecule has 1 N–H and O–H groups in total. The second kappa shape index (κ2) is 7.18. The van der Waals surface area contributed by atoms with E-state index in [1.54, 1.807) is 9.47 Å². The summed E-state index contributed by atoms with van der Waals surface area (Å²) in [4.78, 5) is 29.8. The van der Waals surface area contributed by atoms with Gasteiger partial charge in [-0.2, -0.15) is 13.2 Å². The molecule has 10 heteroatoms. The number of rotatable bonds is 3. The van der Waals surface area contributed by atoms with E-state index in [2.05, 4.69) is 4.98 Å². The lowest BCUT2D eigenvalue weighted by atomic mass is 10.1. The zero-order valence-corrected chi connectivity index (χ0v) is 15.3. The Bertz CT molecular complexity index is 953. The quantitative estimate of drug-likeness (QED) is 0.842. The summed E-state index contributed by atoms with van der Waals surface area (Å²) in [6, 6.07) is 3.21. The van der Waals surface area contributed by atoms with Gasteiger partial charge in [-0.3, -0.25) is 9.78 Å². The van der Waals surface area contributed by atoms with Gasteiger partial charge in [0.1, 0.15) is 11.4 Å². The molecule has 1 saturated heterocycles. The number of halogens is 3. The molecule has 2 aromatic heterocycles. The maximum atomic E-state index is 13.2. The summed E-state index contributed by atoms with van der Waals surface area (Å²) in [7, 11) is 0. The van der Waals surface area contributed by atoms with Crippen LogP contribution in [0.1, 0.15) is 56.7 Å². The highest BCUT2D eigenvalue weighted by atomic mass is 19.4. The van der Waals surface area contributed by atoms with E-state index in [0.717, 1.165) is 12.3 Å². The largest absolute Gasteiger partial charge is 0.478 e. The van der Waals surface area contributed by atoms with Gasteiger partial charge in [0.15, 0.2) is 0 Å². The van der Waals surface area contributed by atoms with Gasteiger partial charge in [0.05, 0.1) is 30.5 Å². The first-order valence-corrected chi connectivity index (χ1v) is 9.15. The lowest BCUT2D eigenvalue weighted by Gasteiger charge is -2.26. The predicted molar refractivity (Wildman–Crippen MR) is 93.3 cm³/mol. The van der Waals surface area contributed by atoms with E-state index < -0.39 is 23.9 Å². The molecule has 4 rings (SSSR count). The lowest BCUT2D eigenvalue weighted by molar-refractivity contribution is -0.141. The first-order chi connectivity index (χ1) is 13.8. The Balaban J connectivity index is 1.64. The number of alkyl halides is 3. The van der Waals surface area contributed by atoms with Crippen molar-refractivity contribution in [1.82, 2.24) is 14.5 Å². The molecule has 154 valence electrons. The third-order valence-corrected chi connectivity index (χ3v) is 5.33. The molecule has 0 aromatic carbocycles. The highest BCUT2D eigenvalue weighted by Crippen LogP contribution is 2.35. The van der Waals surface area contributed by atoms with Crippen molar-refractivity contribution in [2.45, 2.75) is 38.2 Å². The Hall–Kier alpha value is -2.88. The van der Waals surface area contributed by atoms with Gasteiger partial charge in [-0.05, 0) is 30.5 Å². The van der Waals surface area contributed by atoms with Gasteiger partial charge < -0.3 is 19.3 Å².